The van der Waals surface area contributed by atoms with E-state index in [1.807, 2.05) is 0 Å². The lowest BCUT2D eigenvalue weighted by atomic mass is 9.71. The Hall–Kier alpha value is -0.570. The summed E-state index contributed by atoms with van der Waals surface area (Å²) in [5.74, 6) is 1.85. The number of rotatable bonds is 1. The van der Waals surface area contributed by atoms with Gasteiger partial charge in [-0.25, -0.2) is 0 Å². The Morgan fingerprint density at radius 3 is 2.59 bits per heavy atom. The lowest BCUT2D eigenvalue weighted by molar-refractivity contribution is -0.135. The molecule has 3 rings (SSSR count). The summed E-state index contributed by atoms with van der Waals surface area (Å²) in [7, 11) is 0. The van der Waals surface area contributed by atoms with Crippen molar-refractivity contribution < 1.29 is 4.79 Å². The van der Waals surface area contributed by atoms with Crippen LogP contribution in [0.2, 0.25) is 0 Å². The molecule has 0 radical (unpaired) electrons. The van der Waals surface area contributed by atoms with Crippen LogP contribution in [0.4, 0.5) is 0 Å². The van der Waals surface area contributed by atoms with Crippen LogP contribution < -0.4 is 5.32 Å². The fourth-order valence-corrected chi connectivity index (χ4v) is 4.01. The monoisotopic (exact) mass is 236 g/mol. The highest BCUT2D eigenvalue weighted by Gasteiger charge is 2.40. The summed E-state index contributed by atoms with van der Waals surface area (Å²) in [6.45, 7) is 3.04. The zero-order valence-electron chi connectivity index (χ0n) is 10.7. The smallest absolute Gasteiger partial charge is 0.240 e. The van der Waals surface area contributed by atoms with Gasteiger partial charge >= 0.3 is 0 Å². The Balaban J connectivity index is 1.69. The maximum absolute atomic E-state index is 12.5. The van der Waals surface area contributed by atoms with Crippen molar-refractivity contribution in [3.05, 3.63) is 0 Å². The molecule has 0 spiro atoms. The highest BCUT2D eigenvalue weighted by Crippen LogP contribution is 2.37. The van der Waals surface area contributed by atoms with E-state index in [1.165, 1.54) is 44.9 Å². The van der Waals surface area contributed by atoms with Crippen LogP contribution in [0.5, 0.6) is 0 Å². The highest BCUT2D eigenvalue weighted by atomic mass is 16.2. The summed E-state index contributed by atoms with van der Waals surface area (Å²) in [6.07, 6.45) is 9.02. The largest absolute Gasteiger partial charge is 0.341 e. The molecule has 3 fully saturated rings. The van der Waals surface area contributed by atoms with Crippen LogP contribution in [-0.2, 0) is 4.79 Å². The molecule has 96 valence electrons. The summed E-state index contributed by atoms with van der Waals surface area (Å²) in [5.41, 5.74) is 0. The normalized spacial score (nSPS) is 37.9. The average molecular weight is 236 g/mol. The van der Waals surface area contributed by atoms with Gasteiger partial charge in [0.25, 0.3) is 0 Å². The Morgan fingerprint density at radius 2 is 1.76 bits per heavy atom. The minimum absolute atomic E-state index is 0.146. The second kappa shape index (κ2) is 4.97. The molecule has 3 atom stereocenters. The predicted octanol–water partition coefficient (Wildman–Crippen LogP) is 1.78. The van der Waals surface area contributed by atoms with E-state index in [9.17, 15) is 4.79 Å². The second-order valence-corrected chi connectivity index (χ2v) is 5.96. The number of carbonyl (C=O) groups is 1. The summed E-state index contributed by atoms with van der Waals surface area (Å²) in [5, 5.41) is 3.50. The third-order valence-electron chi connectivity index (χ3n) is 4.96. The molecular formula is C14H24N2O. The van der Waals surface area contributed by atoms with E-state index in [0.29, 0.717) is 11.8 Å². The van der Waals surface area contributed by atoms with Gasteiger partial charge in [-0.2, -0.15) is 0 Å². The third kappa shape index (κ3) is 2.22. The zero-order valence-corrected chi connectivity index (χ0v) is 10.7. The van der Waals surface area contributed by atoms with Crippen LogP contribution in [0.3, 0.4) is 0 Å². The SMILES string of the molecule is O=C(C1NCC[C@@H]2CCCC[C@H]12)N1CCCC1. The number of hydrogen-bond acceptors (Lipinski definition) is 2. The lowest BCUT2D eigenvalue weighted by Gasteiger charge is -2.42. The first-order chi connectivity index (χ1) is 8.36. The van der Waals surface area contributed by atoms with Gasteiger partial charge in [0.05, 0.1) is 6.04 Å². The van der Waals surface area contributed by atoms with E-state index in [4.69, 9.17) is 0 Å². The van der Waals surface area contributed by atoms with E-state index in [1.54, 1.807) is 0 Å². The van der Waals surface area contributed by atoms with Crippen LogP contribution in [0.1, 0.15) is 44.9 Å². The van der Waals surface area contributed by atoms with Gasteiger partial charge in [0.1, 0.15) is 0 Å². The summed E-state index contributed by atoms with van der Waals surface area (Å²) >= 11 is 0. The van der Waals surface area contributed by atoms with Crippen molar-refractivity contribution in [2.45, 2.75) is 51.0 Å². The molecule has 2 aliphatic heterocycles. The molecule has 1 amide bonds. The zero-order chi connectivity index (χ0) is 11.7. The van der Waals surface area contributed by atoms with E-state index < -0.39 is 0 Å². The second-order valence-electron chi connectivity index (χ2n) is 5.96. The first-order valence-corrected chi connectivity index (χ1v) is 7.38. The number of fused-ring (bicyclic) bond motifs is 1. The predicted molar refractivity (Wildman–Crippen MR) is 67.7 cm³/mol. The van der Waals surface area contributed by atoms with Crippen LogP contribution in [-0.4, -0.2) is 36.5 Å². The van der Waals surface area contributed by atoms with Crippen LogP contribution in [0.15, 0.2) is 0 Å². The Kier molecular flexibility index (Phi) is 3.37. The first kappa shape index (κ1) is 11.5. The fourth-order valence-electron chi connectivity index (χ4n) is 4.01. The minimum atomic E-state index is 0.146. The van der Waals surface area contributed by atoms with Crippen LogP contribution in [0, 0.1) is 11.8 Å². The average Bonchev–Trinajstić information content (AvgIpc) is 2.91. The number of piperidine rings is 1. The first-order valence-electron chi connectivity index (χ1n) is 7.38. The molecule has 1 saturated carbocycles. The number of amides is 1. The fraction of sp³-hybridized carbons (Fsp3) is 0.929. The van der Waals surface area contributed by atoms with Crippen molar-refractivity contribution in [2.24, 2.45) is 11.8 Å². The minimum Gasteiger partial charge on any atom is -0.341 e. The van der Waals surface area contributed by atoms with Crippen molar-refractivity contribution in [1.29, 1.82) is 0 Å². The highest BCUT2D eigenvalue weighted by molar-refractivity contribution is 5.82. The number of likely N-dealkylation sites (tertiary alicyclic amines) is 1. The molecule has 0 aromatic carbocycles. The number of nitrogens with zero attached hydrogens (tertiary/aromatic N) is 1. The molecule has 2 heterocycles. The van der Waals surface area contributed by atoms with Gasteiger partial charge in [-0.1, -0.05) is 19.3 Å². The van der Waals surface area contributed by atoms with Crippen molar-refractivity contribution in [1.82, 2.24) is 10.2 Å². The molecule has 1 unspecified atom stereocenters. The van der Waals surface area contributed by atoms with Gasteiger partial charge in [-0.15, -0.1) is 0 Å². The Morgan fingerprint density at radius 1 is 1.00 bits per heavy atom. The maximum atomic E-state index is 12.5. The quantitative estimate of drug-likeness (QED) is 0.752. The van der Waals surface area contributed by atoms with Gasteiger partial charge in [0, 0.05) is 13.1 Å². The number of nitrogens with one attached hydrogen (secondary N) is 1. The van der Waals surface area contributed by atoms with E-state index in [-0.39, 0.29) is 6.04 Å². The van der Waals surface area contributed by atoms with Crippen molar-refractivity contribution in [3.63, 3.8) is 0 Å². The summed E-state index contributed by atoms with van der Waals surface area (Å²) in [4.78, 5) is 14.6. The van der Waals surface area contributed by atoms with Crippen molar-refractivity contribution in [3.8, 4) is 0 Å². The van der Waals surface area contributed by atoms with Gasteiger partial charge < -0.3 is 10.2 Å². The molecule has 1 N–H and O–H groups in total. The molecule has 1 aliphatic carbocycles. The van der Waals surface area contributed by atoms with Crippen molar-refractivity contribution in [2.75, 3.05) is 19.6 Å². The van der Waals surface area contributed by atoms with Gasteiger partial charge in [0.15, 0.2) is 0 Å². The Bertz CT molecular complexity index is 284. The number of carbonyl (C=O) groups excluding carboxylic acids is 1. The molecule has 0 bridgehead atoms. The molecule has 3 aliphatic rings. The van der Waals surface area contributed by atoms with Gasteiger partial charge in [-0.05, 0) is 44.1 Å². The third-order valence-corrected chi connectivity index (χ3v) is 4.96. The topological polar surface area (TPSA) is 32.3 Å². The molecule has 3 heteroatoms. The van der Waals surface area contributed by atoms with Crippen molar-refractivity contribution >= 4 is 5.91 Å². The summed E-state index contributed by atoms with van der Waals surface area (Å²) in [6, 6.07) is 0.146. The van der Waals surface area contributed by atoms with Gasteiger partial charge in [0.2, 0.25) is 5.91 Å². The van der Waals surface area contributed by atoms with E-state index >= 15 is 0 Å². The van der Waals surface area contributed by atoms with Crippen LogP contribution in [0.25, 0.3) is 0 Å². The molecule has 0 aromatic heterocycles. The Labute approximate surface area is 104 Å². The molecular weight excluding hydrogens is 212 g/mol. The summed E-state index contributed by atoms with van der Waals surface area (Å²) < 4.78 is 0. The van der Waals surface area contributed by atoms with E-state index in [2.05, 4.69) is 10.2 Å². The molecule has 0 aromatic rings. The van der Waals surface area contributed by atoms with Crippen LogP contribution >= 0.6 is 0 Å². The standard InChI is InChI=1S/C14H24N2O/c17-14(16-9-3-4-10-16)13-12-6-2-1-5-11(12)7-8-15-13/h11-13,15H,1-10H2/t11-,12-,13?/m0/s1. The number of hydrogen-bond donors (Lipinski definition) is 1. The van der Waals surface area contributed by atoms with Gasteiger partial charge in [-0.3, -0.25) is 4.79 Å². The molecule has 17 heavy (non-hydrogen) atoms. The molecule has 2 saturated heterocycles. The maximum Gasteiger partial charge on any atom is 0.240 e. The molecule has 3 nitrogen and oxygen atoms in total. The van der Waals surface area contributed by atoms with E-state index in [0.717, 1.165) is 25.6 Å². The lowest BCUT2D eigenvalue weighted by Crippen LogP contribution is -2.55.